The minimum absolute atomic E-state index is 0.0453. The van der Waals surface area contributed by atoms with E-state index in [0.717, 1.165) is 11.3 Å². The zero-order chi connectivity index (χ0) is 22.4. The molecule has 0 spiro atoms. The van der Waals surface area contributed by atoms with Gasteiger partial charge in [0, 0.05) is 12.3 Å². The second kappa shape index (κ2) is 10.5. The van der Waals surface area contributed by atoms with Crippen LogP contribution in [0.2, 0.25) is 0 Å². The molecule has 0 radical (unpaired) electrons. The van der Waals surface area contributed by atoms with E-state index in [1.165, 1.54) is 16.7 Å². The molecule has 0 unspecified atom stereocenters. The van der Waals surface area contributed by atoms with E-state index in [-0.39, 0.29) is 31.1 Å². The highest BCUT2D eigenvalue weighted by Gasteiger charge is 2.38. The smallest absolute Gasteiger partial charge is 0.267 e. The summed E-state index contributed by atoms with van der Waals surface area (Å²) < 4.78 is 10.8. The maximum atomic E-state index is 13.2. The van der Waals surface area contributed by atoms with Crippen molar-refractivity contribution < 1.29 is 24.2 Å². The van der Waals surface area contributed by atoms with Gasteiger partial charge in [0.2, 0.25) is 0 Å². The van der Waals surface area contributed by atoms with Gasteiger partial charge in [0.15, 0.2) is 0 Å². The monoisotopic (exact) mass is 441 g/mol. The summed E-state index contributed by atoms with van der Waals surface area (Å²) in [5, 5.41) is 9.24. The normalized spacial score (nSPS) is 14.0. The van der Waals surface area contributed by atoms with Crippen molar-refractivity contribution in [1.82, 2.24) is 4.90 Å². The molecule has 0 bridgehead atoms. The van der Waals surface area contributed by atoms with Crippen LogP contribution in [-0.4, -0.2) is 53.9 Å². The molecule has 1 aliphatic heterocycles. The number of ether oxygens (including phenoxy) is 2. The number of carbonyl (C=O) groups excluding carboxylic acids is 2. The van der Waals surface area contributed by atoms with Crippen LogP contribution in [0, 0.1) is 0 Å². The summed E-state index contributed by atoms with van der Waals surface area (Å²) in [6.45, 7) is 4.10. The van der Waals surface area contributed by atoms with Gasteiger partial charge >= 0.3 is 0 Å². The molecule has 0 aromatic heterocycles. The highest BCUT2D eigenvalue weighted by atomic mass is 32.2. The molecular weight excluding hydrogens is 414 g/mol. The molecule has 1 heterocycles. The zero-order valence-electron chi connectivity index (χ0n) is 18.0. The van der Waals surface area contributed by atoms with Crippen molar-refractivity contribution in [1.29, 1.82) is 0 Å². The van der Waals surface area contributed by atoms with Crippen LogP contribution in [0.4, 0.5) is 0 Å². The number of hydrogen-bond donors (Lipinski definition) is 1. The summed E-state index contributed by atoms with van der Waals surface area (Å²) in [6, 6.07) is 14.8. The van der Waals surface area contributed by atoms with Crippen LogP contribution in [0.1, 0.15) is 25.0 Å². The lowest BCUT2D eigenvalue weighted by Crippen LogP contribution is -2.33. The van der Waals surface area contributed by atoms with Crippen LogP contribution in [0.25, 0.3) is 5.57 Å². The van der Waals surface area contributed by atoms with Gasteiger partial charge < -0.3 is 14.6 Å². The van der Waals surface area contributed by atoms with Crippen molar-refractivity contribution >= 4 is 29.1 Å². The summed E-state index contributed by atoms with van der Waals surface area (Å²) >= 11 is 1.21. The van der Waals surface area contributed by atoms with E-state index < -0.39 is 0 Å². The van der Waals surface area contributed by atoms with E-state index in [1.807, 2.05) is 38.1 Å². The fraction of sp³-hybridized carbons (Fsp3) is 0.333. The SMILES string of the molecule is COc1ccc(CCN2C(=O)C(SCCO)=C(c3ccc(OC(C)C)cc3)C2=O)cc1. The second-order valence-electron chi connectivity index (χ2n) is 7.33. The van der Waals surface area contributed by atoms with E-state index in [1.54, 1.807) is 31.4 Å². The lowest BCUT2D eigenvalue weighted by Gasteiger charge is -2.15. The lowest BCUT2D eigenvalue weighted by atomic mass is 10.1. The van der Waals surface area contributed by atoms with Crippen molar-refractivity contribution in [2.75, 3.05) is 26.0 Å². The molecule has 2 amide bonds. The van der Waals surface area contributed by atoms with Crippen molar-refractivity contribution in [2.45, 2.75) is 26.4 Å². The van der Waals surface area contributed by atoms with Gasteiger partial charge in [0.1, 0.15) is 11.5 Å². The quantitative estimate of drug-likeness (QED) is 0.569. The Morgan fingerprint density at radius 2 is 1.61 bits per heavy atom. The first-order valence-electron chi connectivity index (χ1n) is 10.2. The molecule has 0 saturated heterocycles. The average molecular weight is 442 g/mol. The highest BCUT2D eigenvalue weighted by Crippen LogP contribution is 2.36. The molecule has 0 aliphatic carbocycles. The van der Waals surface area contributed by atoms with Crippen molar-refractivity contribution in [2.24, 2.45) is 0 Å². The first kappa shape index (κ1) is 22.9. The molecule has 6 nitrogen and oxygen atoms in total. The molecule has 1 N–H and O–H groups in total. The molecule has 31 heavy (non-hydrogen) atoms. The van der Waals surface area contributed by atoms with Gasteiger partial charge in [-0.05, 0) is 55.7 Å². The fourth-order valence-electron chi connectivity index (χ4n) is 3.30. The van der Waals surface area contributed by atoms with E-state index in [9.17, 15) is 14.7 Å². The lowest BCUT2D eigenvalue weighted by molar-refractivity contribution is -0.136. The van der Waals surface area contributed by atoms with Gasteiger partial charge in [-0.15, -0.1) is 11.8 Å². The largest absolute Gasteiger partial charge is 0.497 e. The number of aliphatic hydroxyl groups excluding tert-OH is 1. The van der Waals surface area contributed by atoms with Crippen LogP contribution >= 0.6 is 11.8 Å². The van der Waals surface area contributed by atoms with Crippen LogP contribution in [0.3, 0.4) is 0 Å². The molecular formula is C24H27NO5S. The van der Waals surface area contributed by atoms with Gasteiger partial charge in [-0.25, -0.2) is 0 Å². The number of amides is 2. The maximum absolute atomic E-state index is 13.2. The van der Waals surface area contributed by atoms with Crippen molar-refractivity contribution in [3.8, 4) is 11.5 Å². The Labute approximate surface area is 186 Å². The van der Waals surface area contributed by atoms with Gasteiger partial charge in [0.05, 0.1) is 30.3 Å². The molecule has 0 saturated carbocycles. The van der Waals surface area contributed by atoms with E-state index >= 15 is 0 Å². The molecule has 7 heteroatoms. The Balaban J connectivity index is 1.80. The predicted molar refractivity (Wildman–Crippen MR) is 122 cm³/mol. The Kier molecular flexibility index (Phi) is 7.76. The number of benzene rings is 2. The third kappa shape index (κ3) is 5.48. The van der Waals surface area contributed by atoms with Crippen LogP contribution in [0.5, 0.6) is 11.5 Å². The van der Waals surface area contributed by atoms with Crippen LogP contribution < -0.4 is 9.47 Å². The summed E-state index contributed by atoms with van der Waals surface area (Å²) in [7, 11) is 1.61. The summed E-state index contributed by atoms with van der Waals surface area (Å²) in [6.07, 6.45) is 0.595. The predicted octanol–water partition coefficient (Wildman–Crippen LogP) is 3.53. The number of methoxy groups -OCH3 is 1. The number of thioether (sulfide) groups is 1. The number of imide groups is 1. The molecule has 164 valence electrons. The molecule has 1 aliphatic rings. The van der Waals surface area contributed by atoms with Gasteiger partial charge in [0.25, 0.3) is 11.8 Å². The Bertz CT molecular complexity index is 951. The minimum Gasteiger partial charge on any atom is -0.497 e. The highest BCUT2D eigenvalue weighted by molar-refractivity contribution is 8.04. The molecule has 2 aromatic carbocycles. The van der Waals surface area contributed by atoms with E-state index in [0.29, 0.717) is 34.0 Å². The molecule has 3 rings (SSSR count). The number of aliphatic hydroxyl groups is 1. The Morgan fingerprint density at radius 1 is 0.968 bits per heavy atom. The van der Waals surface area contributed by atoms with Gasteiger partial charge in [-0.1, -0.05) is 24.3 Å². The van der Waals surface area contributed by atoms with Gasteiger partial charge in [-0.3, -0.25) is 14.5 Å². The second-order valence-corrected chi connectivity index (χ2v) is 8.43. The van der Waals surface area contributed by atoms with E-state index in [4.69, 9.17) is 9.47 Å². The van der Waals surface area contributed by atoms with Gasteiger partial charge in [-0.2, -0.15) is 0 Å². The standard InChI is InChI=1S/C24H27NO5S/c1-16(2)30-20-10-6-18(7-11-20)21-22(31-15-14-26)24(28)25(23(21)27)13-12-17-4-8-19(29-3)9-5-17/h4-11,16,26H,12-15H2,1-3H3. The van der Waals surface area contributed by atoms with Crippen LogP contribution in [0.15, 0.2) is 53.4 Å². The third-order valence-electron chi connectivity index (χ3n) is 4.76. The molecule has 0 fully saturated rings. The number of rotatable bonds is 10. The van der Waals surface area contributed by atoms with E-state index in [2.05, 4.69) is 0 Å². The maximum Gasteiger partial charge on any atom is 0.267 e. The number of nitrogens with zero attached hydrogens (tertiary/aromatic N) is 1. The van der Waals surface area contributed by atoms with Crippen molar-refractivity contribution in [3.63, 3.8) is 0 Å². The van der Waals surface area contributed by atoms with Crippen molar-refractivity contribution in [3.05, 3.63) is 64.6 Å². The number of hydrogen-bond acceptors (Lipinski definition) is 6. The Morgan fingerprint density at radius 3 is 2.19 bits per heavy atom. The zero-order valence-corrected chi connectivity index (χ0v) is 18.8. The fourth-order valence-corrected chi connectivity index (χ4v) is 4.18. The topological polar surface area (TPSA) is 76.1 Å². The molecule has 2 aromatic rings. The average Bonchev–Trinajstić information content (AvgIpc) is 3.00. The third-order valence-corrected chi connectivity index (χ3v) is 5.82. The number of carbonyl (C=O) groups is 2. The summed E-state index contributed by atoms with van der Waals surface area (Å²) in [5.41, 5.74) is 2.06. The summed E-state index contributed by atoms with van der Waals surface area (Å²) in [4.78, 5) is 27.9. The van der Waals surface area contributed by atoms with Crippen LogP contribution in [-0.2, 0) is 16.0 Å². The Hall–Kier alpha value is -2.77. The first-order valence-corrected chi connectivity index (χ1v) is 11.2. The minimum atomic E-state index is -0.311. The summed E-state index contributed by atoms with van der Waals surface area (Å²) in [5.74, 6) is 1.19. The molecule has 0 atom stereocenters. The first-order chi connectivity index (χ1) is 14.9.